The number of alkyl halides is 3. The largest absolute Gasteiger partial charge is 0.481 e. The average Bonchev–Trinajstić information content (AvgIpc) is 3.19. The third kappa shape index (κ3) is 3.11. The smallest absolute Gasteiger partial charge is 0.416 e. The van der Waals surface area contributed by atoms with E-state index in [0.717, 1.165) is 18.9 Å². The first-order valence-electron chi connectivity index (χ1n) is 7.46. The summed E-state index contributed by atoms with van der Waals surface area (Å²) in [7, 11) is 0. The number of benzene rings is 1. The zero-order chi connectivity index (χ0) is 15.9. The molecule has 2 aliphatic rings. The van der Waals surface area contributed by atoms with Gasteiger partial charge in [0.25, 0.3) is 0 Å². The lowest BCUT2D eigenvalue weighted by atomic mass is 9.92. The van der Waals surface area contributed by atoms with E-state index in [1.165, 1.54) is 12.1 Å². The molecule has 22 heavy (non-hydrogen) atoms. The van der Waals surface area contributed by atoms with Crippen molar-refractivity contribution in [2.75, 3.05) is 13.1 Å². The Morgan fingerprint density at radius 2 is 1.91 bits per heavy atom. The molecule has 2 atom stereocenters. The molecule has 0 radical (unpaired) electrons. The lowest BCUT2D eigenvalue weighted by Gasteiger charge is -2.19. The number of likely N-dealkylation sites (tertiary alicyclic amines) is 1. The van der Waals surface area contributed by atoms with Crippen LogP contribution in [0.3, 0.4) is 0 Å². The molecule has 1 heterocycles. The van der Waals surface area contributed by atoms with Crippen LogP contribution in [0.1, 0.15) is 24.0 Å². The Labute approximate surface area is 126 Å². The van der Waals surface area contributed by atoms with Crippen LogP contribution >= 0.6 is 0 Å². The van der Waals surface area contributed by atoms with Gasteiger partial charge < -0.3 is 5.11 Å². The number of aliphatic carboxylic acids is 1. The molecule has 1 saturated heterocycles. The number of hydrogen-bond donors (Lipinski definition) is 1. The van der Waals surface area contributed by atoms with Gasteiger partial charge in [-0.15, -0.1) is 0 Å². The molecular formula is C16H18F3NO2. The summed E-state index contributed by atoms with van der Waals surface area (Å²) < 4.78 is 39.1. The van der Waals surface area contributed by atoms with Crippen molar-refractivity contribution in [2.24, 2.45) is 17.8 Å². The third-order valence-corrected chi connectivity index (χ3v) is 4.70. The van der Waals surface area contributed by atoms with Gasteiger partial charge in [0.1, 0.15) is 0 Å². The second kappa shape index (κ2) is 5.57. The molecule has 1 aromatic rings. The molecule has 0 unspecified atom stereocenters. The summed E-state index contributed by atoms with van der Waals surface area (Å²) in [5, 5.41) is 9.32. The van der Waals surface area contributed by atoms with Crippen LogP contribution in [-0.2, 0) is 17.5 Å². The van der Waals surface area contributed by atoms with Crippen molar-refractivity contribution in [1.29, 1.82) is 0 Å². The second-order valence-corrected chi connectivity index (χ2v) is 6.30. The molecule has 120 valence electrons. The Morgan fingerprint density at radius 1 is 1.23 bits per heavy atom. The number of nitrogens with zero attached hydrogens (tertiary/aromatic N) is 1. The fourth-order valence-corrected chi connectivity index (χ4v) is 3.48. The molecular weight excluding hydrogens is 295 g/mol. The van der Waals surface area contributed by atoms with E-state index >= 15 is 0 Å². The highest BCUT2D eigenvalue weighted by Crippen LogP contribution is 2.44. The highest BCUT2D eigenvalue weighted by atomic mass is 19.4. The molecule has 6 heteroatoms. The Balaban J connectivity index is 1.76. The highest BCUT2D eigenvalue weighted by Gasteiger charge is 2.45. The molecule has 1 aliphatic carbocycles. The number of carboxylic acids is 1. The van der Waals surface area contributed by atoms with Crippen LogP contribution in [-0.4, -0.2) is 29.1 Å². The van der Waals surface area contributed by atoms with Crippen molar-refractivity contribution >= 4 is 5.97 Å². The zero-order valence-corrected chi connectivity index (χ0v) is 12.0. The van der Waals surface area contributed by atoms with Gasteiger partial charge in [-0.25, -0.2) is 0 Å². The van der Waals surface area contributed by atoms with Crippen LogP contribution in [0.2, 0.25) is 0 Å². The molecule has 0 bridgehead atoms. The summed E-state index contributed by atoms with van der Waals surface area (Å²) in [6.45, 7) is 1.07. The van der Waals surface area contributed by atoms with Crippen LogP contribution in [0.5, 0.6) is 0 Å². The van der Waals surface area contributed by atoms with Gasteiger partial charge in [-0.05, 0) is 36.3 Å². The number of rotatable bonds is 4. The van der Waals surface area contributed by atoms with E-state index in [0.29, 0.717) is 19.0 Å². The lowest BCUT2D eigenvalue weighted by molar-refractivity contribution is -0.143. The van der Waals surface area contributed by atoms with E-state index in [2.05, 4.69) is 0 Å². The number of halogens is 3. The maximum absolute atomic E-state index is 13.0. The van der Waals surface area contributed by atoms with E-state index in [1.54, 1.807) is 6.07 Å². The quantitative estimate of drug-likeness (QED) is 0.927. The van der Waals surface area contributed by atoms with E-state index < -0.39 is 23.6 Å². The standard InChI is InChI=1S/C16H18F3NO2/c17-16(18,19)14-4-2-1-3-11(14)7-20-8-12(10-5-6-10)13(9-20)15(21)22/h1-4,10,12-13H,5-9H2,(H,21,22)/t12-,13+/m0/s1. The molecule has 0 aromatic heterocycles. The average molecular weight is 313 g/mol. The number of carboxylic acid groups (broad SMARTS) is 1. The maximum Gasteiger partial charge on any atom is 0.416 e. The van der Waals surface area contributed by atoms with Gasteiger partial charge in [-0.3, -0.25) is 9.69 Å². The zero-order valence-electron chi connectivity index (χ0n) is 12.0. The molecule has 1 aromatic carbocycles. The highest BCUT2D eigenvalue weighted by molar-refractivity contribution is 5.71. The van der Waals surface area contributed by atoms with Gasteiger partial charge >= 0.3 is 12.1 Å². The first-order valence-corrected chi connectivity index (χ1v) is 7.46. The van der Waals surface area contributed by atoms with Gasteiger partial charge in [0.05, 0.1) is 11.5 Å². The fraction of sp³-hybridized carbons (Fsp3) is 0.562. The molecule has 0 amide bonds. The SMILES string of the molecule is O=C(O)[C@@H]1CN(Cc2ccccc2C(F)(F)F)C[C@H]1C1CC1. The van der Waals surface area contributed by atoms with Crippen molar-refractivity contribution in [1.82, 2.24) is 4.90 Å². The minimum atomic E-state index is -4.38. The minimum Gasteiger partial charge on any atom is -0.481 e. The van der Waals surface area contributed by atoms with Crippen molar-refractivity contribution in [2.45, 2.75) is 25.6 Å². The first kappa shape index (κ1) is 15.3. The second-order valence-electron chi connectivity index (χ2n) is 6.30. The van der Waals surface area contributed by atoms with Gasteiger partial charge in [0.15, 0.2) is 0 Å². The summed E-state index contributed by atoms with van der Waals surface area (Å²) in [4.78, 5) is 13.2. The van der Waals surface area contributed by atoms with Gasteiger partial charge in [0, 0.05) is 19.6 Å². The maximum atomic E-state index is 13.0. The summed E-state index contributed by atoms with van der Waals surface area (Å²) >= 11 is 0. The summed E-state index contributed by atoms with van der Waals surface area (Å²) in [5.74, 6) is -0.770. The molecule has 1 aliphatic heterocycles. The predicted molar refractivity (Wildman–Crippen MR) is 74.1 cm³/mol. The van der Waals surface area contributed by atoms with Crippen LogP contribution in [0.4, 0.5) is 13.2 Å². The predicted octanol–water partition coefficient (Wildman–Crippen LogP) is 3.25. The van der Waals surface area contributed by atoms with Crippen LogP contribution in [0.15, 0.2) is 24.3 Å². The Bertz CT molecular complexity index is 569. The van der Waals surface area contributed by atoms with Crippen molar-refractivity contribution in [3.63, 3.8) is 0 Å². The van der Waals surface area contributed by atoms with Crippen molar-refractivity contribution in [3.8, 4) is 0 Å². The van der Waals surface area contributed by atoms with Crippen LogP contribution in [0, 0.1) is 17.8 Å². The van der Waals surface area contributed by atoms with Crippen LogP contribution < -0.4 is 0 Å². The van der Waals surface area contributed by atoms with E-state index in [9.17, 15) is 23.1 Å². The molecule has 1 saturated carbocycles. The van der Waals surface area contributed by atoms with Gasteiger partial charge in [-0.1, -0.05) is 18.2 Å². The molecule has 2 fully saturated rings. The minimum absolute atomic E-state index is 0.0792. The monoisotopic (exact) mass is 313 g/mol. The van der Waals surface area contributed by atoms with E-state index in [1.807, 2.05) is 4.90 Å². The van der Waals surface area contributed by atoms with E-state index in [4.69, 9.17) is 0 Å². The normalized spacial score (nSPS) is 26.3. The summed E-state index contributed by atoms with van der Waals surface area (Å²) in [5.41, 5.74) is -0.410. The van der Waals surface area contributed by atoms with Crippen molar-refractivity contribution < 1.29 is 23.1 Å². The first-order chi connectivity index (χ1) is 10.4. The van der Waals surface area contributed by atoms with Crippen molar-refractivity contribution in [3.05, 3.63) is 35.4 Å². The lowest BCUT2D eigenvalue weighted by Crippen LogP contribution is -2.24. The Morgan fingerprint density at radius 3 is 2.50 bits per heavy atom. The van der Waals surface area contributed by atoms with E-state index in [-0.39, 0.29) is 18.0 Å². The Hall–Kier alpha value is -1.56. The molecule has 3 nitrogen and oxygen atoms in total. The van der Waals surface area contributed by atoms with Gasteiger partial charge in [0.2, 0.25) is 0 Å². The topological polar surface area (TPSA) is 40.5 Å². The molecule has 3 rings (SSSR count). The molecule has 0 spiro atoms. The van der Waals surface area contributed by atoms with Crippen LogP contribution in [0.25, 0.3) is 0 Å². The number of carbonyl (C=O) groups is 1. The molecule has 1 N–H and O–H groups in total. The third-order valence-electron chi connectivity index (χ3n) is 4.70. The summed E-state index contributed by atoms with van der Waals surface area (Å²) in [6.07, 6.45) is -2.29. The Kier molecular flexibility index (Phi) is 3.89. The summed E-state index contributed by atoms with van der Waals surface area (Å²) in [6, 6.07) is 5.53. The van der Waals surface area contributed by atoms with Gasteiger partial charge in [-0.2, -0.15) is 13.2 Å². The fourth-order valence-electron chi connectivity index (χ4n) is 3.48. The number of hydrogen-bond acceptors (Lipinski definition) is 2.